The molecule has 1 fully saturated rings. The van der Waals surface area contributed by atoms with Crippen molar-refractivity contribution in [3.8, 4) is 5.75 Å². The van der Waals surface area contributed by atoms with Crippen molar-refractivity contribution in [2.45, 2.75) is 31.8 Å². The van der Waals surface area contributed by atoms with E-state index in [1.54, 1.807) is 0 Å². The smallest absolute Gasteiger partial charge is 0.262 e. The van der Waals surface area contributed by atoms with Gasteiger partial charge in [-0.1, -0.05) is 0 Å². The predicted octanol–water partition coefficient (Wildman–Crippen LogP) is 0.442. The van der Waals surface area contributed by atoms with E-state index in [2.05, 4.69) is 39.8 Å². The molecule has 1 amide bonds. The number of amidine groups is 1. The van der Waals surface area contributed by atoms with Gasteiger partial charge >= 0.3 is 0 Å². The Morgan fingerprint density at radius 1 is 1.33 bits per heavy atom. The van der Waals surface area contributed by atoms with Crippen molar-refractivity contribution < 1.29 is 9.53 Å². The summed E-state index contributed by atoms with van der Waals surface area (Å²) in [6.07, 6.45) is 1.04. The van der Waals surface area contributed by atoms with E-state index in [1.807, 2.05) is 11.8 Å². The Balaban J connectivity index is 1.61. The van der Waals surface area contributed by atoms with E-state index in [0.717, 1.165) is 43.3 Å². The first-order valence-corrected chi connectivity index (χ1v) is 8.51. The molecule has 7 heteroatoms. The van der Waals surface area contributed by atoms with Crippen molar-refractivity contribution in [3.63, 3.8) is 0 Å². The van der Waals surface area contributed by atoms with Crippen LogP contribution in [0.25, 0.3) is 0 Å². The van der Waals surface area contributed by atoms with Gasteiger partial charge in [-0.3, -0.25) is 4.79 Å². The van der Waals surface area contributed by atoms with E-state index in [0.29, 0.717) is 6.61 Å². The van der Waals surface area contributed by atoms with Crippen LogP contribution in [0.5, 0.6) is 5.75 Å². The maximum Gasteiger partial charge on any atom is 0.262 e. The summed E-state index contributed by atoms with van der Waals surface area (Å²) in [4.78, 5) is 16.6. The average Bonchev–Trinajstić information content (AvgIpc) is 2.97. The molecule has 0 radical (unpaired) electrons. The zero-order chi connectivity index (χ0) is 16.5. The Morgan fingerprint density at radius 2 is 2.17 bits per heavy atom. The summed E-state index contributed by atoms with van der Waals surface area (Å²) in [6.45, 7) is 7.65. The number of hydrazone groups is 1. The van der Waals surface area contributed by atoms with Crippen molar-refractivity contribution in [1.29, 1.82) is 0 Å². The normalized spacial score (nSPS) is 26.5. The number of fused-ring (bicyclic) bond motifs is 4. The van der Waals surface area contributed by atoms with Crippen LogP contribution >= 0.6 is 0 Å². The van der Waals surface area contributed by atoms with Gasteiger partial charge in [0.25, 0.3) is 5.91 Å². The SMILES string of the molecule is CC1C(=O)NN=C2COc3cc4c(cc3N21)N(C1(C)CNC1)CC4. The molecule has 4 aliphatic rings. The molecule has 0 spiro atoms. The highest BCUT2D eigenvalue weighted by molar-refractivity contribution is 6.09. The molecule has 0 aromatic heterocycles. The zero-order valence-electron chi connectivity index (χ0n) is 13.9. The minimum Gasteiger partial charge on any atom is -0.483 e. The van der Waals surface area contributed by atoms with Crippen molar-refractivity contribution in [2.75, 3.05) is 36.0 Å². The number of nitrogens with zero attached hydrogens (tertiary/aromatic N) is 3. The monoisotopic (exact) mass is 327 g/mol. The minimum atomic E-state index is -0.283. The fraction of sp³-hybridized carbons (Fsp3) is 0.529. The topological polar surface area (TPSA) is 69.2 Å². The molecule has 0 bridgehead atoms. The number of ether oxygens (including phenoxy) is 1. The summed E-state index contributed by atoms with van der Waals surface area (Å²) < 4.78 is 5.91. The molecule has 1 unspecified atom stereocenters. The summed E-state index contributed by atoms with van der Waals surface area (Å²) >= 11 is 0. The van der Waals surface area contributed by atoms with Crippen LogP contribution in [0.4, 0.5) is 11.4 Å². The lowest BCUT2D eigenvalue weighted by atomic mass is 9.92. The van der Waals surface area contributed by atoms with Crippen molar-refractivity contribution in [3.05, 3.63) is 17.7 Å². The molecule has 5 rings (SSSR count). The molecule has 4 aliphatic heterocycles. The number of benzene rings is 1. The molecule has 1 saturated heterocycles. The van der Waals surface area contributed by atoms with Gasteiger partial charge in [-0.15, -0.1) is 0 Å². The molecule has 1 aromatic rings. The molecule has 4 heterocycles. The Labute approximate surface area is 140 Å². The number of hydrogen-bond acceptors (Lipinski definition) is 6. The first-order chi connectivity index (χ1) is 11.6. The van der Waals surface area contributed by atoms with Gasteiger partial charge in [0.2, 0.25) is 0 Å². The van der Waals surface area contributed by atoms with E-state index < -0.39 is 0 Å². The highest BCUT2D eigenvalue weighted by Gasteiger charge is 2.42. The first-order valence-electron chi connectivity index (χ1n) is 8.51. The van der Waals surface area contributed by atoms with Crippen molar-refractivity contribution >= 4 is 23.1 Å². The van der Waals surface area contributed by atoms with Gasteiger partial charge in [0, 0.05) is 25.3 Å². The van der Waals surface area contributed by atoms with Crippen LogP contribution < -0.4 is 25.3 Å². The number of nitrogens with one attached hydrogen (secondary N) is 2. The van der Waals surface area contributed by atoms with Crippen LogP contribution in [0.2, 0.25) is 0 Å². The molecule has 1 atom stereocenters. The second-order valence-corrected chi connectivity index (χ2v) is 7.29. The second-order valence-electron chi connectivity index (χ2n) is 7.29. The van der Waals surface area contributed by atoms with Gasteiger partial charge in [0.1, 0.15) is 18.4 Å². The molecule has 126 valence electrons. The van der Waals surface area contributed by atoms with Crippen LogP contribution in [0, 0.1) is 0 Å². The highest BCUT2D eigenvalue weighted by Crippen LogP contribution is 2.44. The number of rotatable bonds is 1. The quantitative estimate of drug-likeness (QED) is 0.783. The maximum absolute atomic E-state index is 12.1. The molecule has 0 aliphatic carbocycles. The summed E-state index contributed by atoms with van der Waals surface area (Å²) in [5, 5.41) is 7.55. The number of carbonyl (C=O) groups is 1. The predicted molar refractivity (Wildman–Crippen MR) is 91.8 cm³/mol. The van der Waals surface area contributed by atoms with Crippen molar-refractivity contribution in [1.82, 2.24) is 10.7 Å². The largest absolute Gasteiger partial charge is 0.483 e. The van der Waals surface area contributed by atoms with Crippen LogP contribution in [0.3, 0.4) is 0 Å². The van der Waals surface area contributed by atoms with Gasteiger partial charge < -0.3 is 19.9 Å². The van der Waals surface area contributed by atoms with Crippen LogP contribution in [0.15, 0.2) is 17.2 Å². The van der Waals surface area contributed by atoms with Gasteiger partial charge in [-0.05, 0) is 38.0 Å². The molecule has 1 aromatic carbocycles. The Hall–Kier alpha value is -2.28. The second kappa shape index (κ2) is 4.63. The van der Waals surface area contributed by atoms with Gasteiger partial charge in [0.05, 0.1) is 11.2 Å². The summed E-state index contributed by atoms with van der Waals surface area (Å²) in [6, 6.07) is 4.05. The molecular weight excluding hydrogens is 306 g/mol. The fourth-order valence-corrected chi connectivity index (χ4v) is 4.15. The number of anilines is 2. The van der Waals surface area contributed by atoms with Crippen molar-refractivity contribution in [2.24, 2.45) is 5.10 Å². The maximum atomic E-state index is 12.1. The number of amides is 1. The summed E-state index contributed by atoms with van der Waals surface area (Å²) in [5.74, 6) is 1.53. The lowest BCUT2D eigenvalue weighted by Gasteiger charge is -2.48. The lowest BCUT2D eigenvalue weighted by Crippen LogP contribution is -2.67. The molecule has 7 nitrogen and oxygen atoms in total. The summed E-state index contributed by atoms with van der Waals surface area (Å²) in [7, 11) is 0. The van der Waals surface area contributed by atoms with Gasteiger partial charge in [0.15, 0.2) is 5.84 Å². The van der Waals surface area contributed by atoms with Crippen LogP contribution in [0.1, 0.15) is 19.4 Å². The van der Waals surface area contributed by atoms with E-state index >= 15 is 0 Å². The lowest BCUT2D eigenvalue weighted by molar-refractivity contribution is -0.122. The first kappa shape index (κ1) is 14.1. The molecule has 24 heavy (non-hydrogen) atoms. The number of hydrogen-bond donors (Lipinski definition) is 2. The third-order valence-corrected chi connectivity index (χ3v) is 5.68. The highest BCUT2D eigenvalue weighted by atomic mass is 16.5. The van der Waals surface area contributed by atoms with E-state index in [1.165, 1.54) is 11.3 Å². The minimum absolute atomic E-state index is 0.0842. The van der Waals surface area contributed by atoms with E-state index in [9.17, 15) is 4.79 Å². The van der Waals surface area contributed by atoms with Crippen LogP contribution in [-0.2, 0) is 11.2 Å². The third kappa shape index (κ3) is 1.76. The Kier molecular flexibility index (Phi) is 2.72. The Morgan fingerprint density at radius 3 is 2.92 bits per heavy atom. The summed E-state index contributed by atoms with van der Waals surface area (Å²) in [5.41, 5.74) is 6.29. The van der Waals surface area contributed by atoms with E-state index in [-0.39, 0.29) is 17.5 Å². The third-order valence-electron chi connectivity index (χ3n) is 5.68. The number of carbonyl (C=O) groups excluding carboxylic acids is 1. The molecular formula is C17H21N5O2. The van der Waals surface area contributed by atoms with Gasteiger partial charge in [-0.2, -0.15) is 5.10 Å². The fourth-order valence-electron chi connectivity index (χ4n) is 4.15. The zero-order valence-corrected chi connectivity index (χ0v) is 13.9. The van der Waals surface area contributed by atoms with Crippen LogP contribution in [-0.4, -0.2) is 49.6 Å². The van der Waals surface area contributed by atoms with Gasteiger partial charge in [-0.25, -0.2) is 5.43 Å². The standard InChI is InChI=1S/C17H21N5O2/c1-10-16(23)20-19-15-7-24-14-5-11-3-4-21(17(2)8-18-9-17)12(11)6-13(14)22(10)15/h5-6,10,18H,3-4,7-9H2,1-2H3,(H,20,23). The molecule has 0 saturated carbocycles. The average molecular weight is 327 g/mol. The molecule has 2 N–H and O–H groups in total. The Bertz CT molecular complexity index is 770. The van der Waals surface area contributed by atoms with E-state index in [4.69, 9.17) is 4.74 Å².